The average Bonchev–Trinajstić information content (AvgIpc) is 0.787. The van der Waals surface area contributed by atoms with Crippen LogP contribution < -0.4 is 5.32 Å². The lowest BCUT2D eigenvalue weighted by Gasteiger charge is -2.48. The third kappa shape index (κ3) is 37.6. The number of ether oxygens (including phenoxy) is 6. The summed E-state index contributed by atoms with van der Waals surface area (Å²) in [6, 6.07) is -1.00. The van der Waals surface area contributed by atoms with Crippen LogP contribution in [0.3, 0.4) is 0 Å². The number of rotatable bonds is 56. The molecule has 1 amide bonds. The predicted octanol–water partition coefficient (Wildman–Crippen LogP) is 10.8. The van der Waals surface area contributed by atoms with Crippen LogP contribution in [0.5, 0.6) is 0 Å². The Balaban J connectivity index is 1.44. The molecule has 95 heavy (non-hydrogen) atoms. The maximum atomic E-state index is 13.4. The van der Waals surface area contributed by atoms with Gasteiger partial charge in [-0.1, -0.05) is 252 Å². The zero-order valence-corrected chi connectivity index (χ0v) is 58.1. The van der Waals surface area contributed by atoms with Gasteiger partial charge in [-0.15, -0.1) is 0 Å². The predicted molar refractivity (Wildman–Crippen MR) is 374 cm³/mol. The van der Waals surface area contributed by atoms with Crippen LogP contribution in [0.2, 0.25) is 0 Å². The Labute approximate surface area is 571 Å². The first-order chi connectivity index (χ1) is 46.3. The van der Waals surface area contributed by atoms with Crippen molar-refractivity contribution in [1.29, 1.82) is 0 Å². The number of allylic oxidation sites excluding steroid dienone is 15. The minimum Gasteiger partial charge on any atom is -0.394 e. The third-order valence-corrected chi connectivity index (χ3v) is 17.9. The van der Waals surface area contributed by atoms with Crippen LogP contribution in [0.1, 0.15) is 245 Å². The van der Waals surface area contributed by atoms with Crippen LogP contribution in [-0.4, -0.2) is 193 Å². The maximum Gasteiger partial charge on any atom is 0.220 e. The van der Waals surface area contributed by atoms with Crippen molar-refractivity contribution in [2.24, 2.45) is 0 Å². The van der Waals surface area contributed by atoms with E-state index in [0.717, 1.165) is 103 Å². The number of aliphatic hydroxyl groups excluding tert-OH is 11. The molecule has 12 N–H and O–H groups in total. The molecular weight excluding hydrogens is 1210 g/mol. The van der Waals surface area contributed by atoms with Crippen LogP contribution in [-0.2, 0) is 33.2 Å². The molecule has 3 heterocycles. The third-order valence-electron chi connectivity index (χ3n) is 17.9. The van der Waals surface area contributed by atoms with E-state index in [0.29, 0.717) is 12.8 Å². The molecular formula is C76H131NO18. The van der Waals surface area contributed by atoms with Gasteiger partial charge >= 0.3 is 0 Å². The SMILES string of the molecule is CC/C=C\C/C=C\C/C=C\C/C=C\C/C=C\C/C=C\CCCCCCCCCCC(=O)NC(COC1OC(CO)C(OC2OC(CO)C(OC3OC(CO)C(O)C(O)C3O)C(O)C2O)C(O)C1O)C(O)/C=C/CC/C=C/CCCCCCCCCCCCCCCCCCC. The molecule has 0 aromatic carbocycles. The van der Waals surface area contributed by atoms with E-state index in [1.165, 1.54) is 109 Å². The second kappa shape index (κ2) is 56.5. The van der Waals surface area contributed by atoms with E-state index in [2.05, 4.69) is 104 Å². The zero-order chi connectivity index (χ0) is 68.9. The van der Waals surface area contributed by atoms with Gasteiger partial charge in [-0.25, -0.2) is 0 Å². The van der Waals surface area contributed by atoms with Gasteiger partial charge in [0.2, 0.25) is 5.91 Å². The average molecular weight is 1350 g/mol. The summed E-state index contributed by atoms with van der Waals surface area (Å²) in [5.74, 6) is -0.296. The van der Waals surface area contributed by atoms with Crippen LogP contribution in [0.25, 0.3) is 0 Å². The largest absolute Gasteiger partial charge is 0.394 e. The number of carbonyl (C=O) groups excluding carboxylic acids is 1. The number of amides is 1. The first-order valence-corrected chi connectivity index (χ1v) is 37.0. The molecule has 3 fully saturated rings. The highest BCUT2D eigenvalue weighted by atomic mass is 16.8. The van der Waals surface area contributed by atoms with Gasteiger partial charge < -0.3 is 89.9 Å². The van der Waals surface area contributed by atoms with Crippen LogP contribution in [0, 0.1) is 0 Å². The minimum atomic E-state index is -1.99. The Morgan fingerprint density at radius 1 is 0.389 bits per heavy atom. The van der Waals surface area contributed by atoms with Crippen molar-refractivity contribution >= 4 is 5.91 Å². The van der Waals surface area contributed by atoms with E-state index >= 15 is 0 Å². The lowest BCUT2D eigenvalue weighted by molar-refractivity contribution is -0.379. The molecule has 0 radical (unpaired) electrons. The van der Waals surface area contributed by atoms with Crippen LogP contribution in [0.4, 0.5) is 0 Å². The van der Waals surface area contributed by atoms with Gasteiger partial charge in [0.1, 0.15) is 73.2 Å². The minimum absolute atomic E-state index is 0.220. The second-order valence-corrected chi connectivity index (χ2v) is 26.0. The summed E-state index contributed by atoms with van der Waals surface area (Å²) in [5, 5.41) is 121. The molecule has 3 aliphatic rings. The summed E-state index contributed by atoms with van der Waals surface area (Å²) in [6.45, 7) is 1.60. The summed E-state index contributed by atoms with van der Waals surface area (Å²) >= 11 is 0. The number of hydrogen-bond donors (Lipinski definition) is 12. The normalized spacial score (nSPS) is 27.8. The molecule has 0 aromatic rings. The highest BCUT2D eigenvalue weighted by molar-refractivity contribution is 5.76. The van der Waals surface area contributed by atoms with Crippen LogP contribution in [0.15, 0.2) is 97.2 Å². The Morgan fingerprint density at radius 2 is 0.737 bits per heavy atom. The molecule has 0 saturated carbocycles. The molecule has 0 aliphatic carbocycles. The van der Waals surface area contributed by atoms with Crippen molar-refractivity contribution in [3.8, 4) is 0 Å². The van der Waals surface area contributed by atoms with Gasteiger partial charge in [0, 0.05) is 6.42 Å². The van der Waals surface area contributed by atoms with Crippen molar-refractivity contribution in [1.82, 2.24) is 5.32 Å². The van der Waals surface area contributed by atoms with Gasteiger partial charge in [0.25, 0.3) is 0 Å². The molecule has 3 aliphatic heterocycles. The van der Waals surface area contributed by atoms with E-state index in [1.807, 2.05) is 6.08 Å². The standard InChI is InChI=1S/C76H131NO18/c1-3-5-7-9-11-13-15-17-19-21-23-25-27-28-29-30-32-34-36-38-40-42-44-46-48-50-52-54-64(82)77-59(60(81)53-51-49-47-45-43-41-39-37-35-33-31-26-24-22-20-18-16-14-12-10-8-6-4-2)58-90-74-70(88)67(85)72(62(56-79)92-74)95-76-71(89)68(86)73(63(57-80)93-76)94-75-69(87)66(84)65(83)61(55-78)91-75/h5,7,11,13,17,19,23,25,28-29,32,34,43,45,51,53,59-63,65-76,78-81,83-89H,3-4,6,8-10,12,14-16,18,20-22,24,26-27,30-31,33,35-42,44,46-50,52,54-58H2,1-2H3,(H,77,82)/b7-5-,13-11-,19-17-,25-23-,29-28-,34-32-,45-43+,53-51+. The van der Waals surface area contributed by atoms with Gasteiger partial charge in [0.15, 0.2) is 18.9 Å². The fraction of sp³-hybridized carbons (Fsp3) is 0.776. The monoisotopic (exact) mass is 1350 g/mol. The van der Waals surface area contributed by atoms with Gasteiger partial charge in [-0.05, 0) is 83.5 Å². The number of carbonyl (C=O) groups is 1. The quantitative estimate of drug-likeness (QED) is 0.0199. The van der Waals surface area contributed by atoms with Crippen molar-refractivity contribution in [2.45, 2.75) is 349 Å². The van der Waals surface area contributed by atoms with E-state index in [9.17, 15) is 61.0 Å². The lowest BCUT2D eigenvalue weighted by Crippen LogP contribution is -2.66. The molecule has 17 atom stereocenters. The topological polar surface area (TPSA) is 307 Å². The number of hydrogen-bond acceptors (Lipinski definition) is 18. The molecule has 3 rings (SSSR count). The number of unbranched alkanes of at least 4 members (excludes halogenated alkanes) is 26. The Bertz CT molecular complexity index is 2100. The van der Waals surface area contributed by atoms with Crippen molar-refractivity contribution < 1.29 is 89.4 Å². The number of aliphatic hydroxyl groups is 11. The summed E-state index contributed by atoms with van der Waals surface area (Å²) < 4.78 is 34.4. The molecule has 19 heteroatoms. The first kappa shape index (κ1) is 85.9. The summed E-state index contributed by atoms with van der Waals surface area (Å²) in [6.07, 6.45) is 48.0. The Hall–Kier alpha value is -3.29. The van der Waals surface area contributed by atoms with Crippen LogP contribution >= 0.6 is 0 Å². The van der Waals surface area contributed by atoms with Crippen molar-refractivity contribution in [3.05, 3.63) is 97.2 Å². The highest BCUT2D eigenvalue weighted by Gasteiger charge is 2.53. The van der Waals surface area contributed by atoms with E-state index in [-0.39, 0.29) is 18.9 Å². The van der Waals surface area contributed by atoms with E-state index < -0.39 is 124 Å². The van der Waals surface area contributed by atoms with Gasteiger partial charge in [-0.2, -0.15) is 0 Å². The molecule has 548 valence electrons. The lowest BCUT2D eigenvalue weighted by atomic mass is 9.96. The molecule has 0 aromatic heterocycles. The summed E-state index contributed by atoms with van der Waals surface area (Å²) in [7, 11) is 0. The molecule has 0 spiro atoms. The Morgan fingerprint density at radius 3 is 1.18 bits per heavy atom. The summed E-state index contributed by atoms with van der Waals surface area (Å²) in [4.78, 5) is 13.4. The molecule has 0 bridgehead atoms. The zero-order valence-electron chi connectivity index (χ0n) is 58.1. The van der Waals surface area contributed by atoms with Gasteiger partial charge in [-0.3, -0.25) is 4.79 Å². The molecule has 19 nitrogen and oxygen atoms in total. The summed E-state index contributed by atoms with van der Waals surface area (Å²) in [5.41, 5.74) is 0. The fourth-order valence-electron chi connectivity index (χ4n) is 11.9. The number of nitrogens with one attached hydrogen (secondary N) is 1. The Kier molecular flexibility index (Phi) is 51.1. The van der Waals surface area contributed by atoms with E-state index in [4.69, 9.17) is 28.4 Å². The molecule has 3 saturated heterocycles. The van der Waals surface area contributed by atoms with Gasteiger partial charge in [0.05, 0.1) is 38.6 Å². The first-order valence-electron chi connectivity index (χ1n) is 37.0. The fourth-order valence-corrected chi connectivity index (χ4v) is 11.9. The van der Waals surface area contributed by atoms with Crippen molar-refractivity contribution in [2.75, 3.05) is 26.4 Å². The highest BCUT2D eigenvalue weighted by Crippen LogP contribution is 2.33. The second-order valence-electron chi connectivity index (χ2n) is 26.0. The van der Waals surface area contributed by atoms with Crippen molar-refractivity contribution in [3.63, 3.8) is 0 Å². The smallest absolute Gasteiger partial charge is 0.220 e. The molecule has 17 unspecified atom stereocenters. The van der Waals surface area contributed by atoms with E-state index in [1.54, 1.807) is 6.08 Å². The maximum absolute atomic E-state index is 13.4.